The fourth-order valence-corrected chi connectivity index (χ4v) is 3.40. The van der Waals surface area contributed by atoms with Crippen LogP contribution >= 0.6 is 11.5 Å². The van der Waals surface area contributed by atoms with Crippen molar-refractivity contribution in [2.75, 3.05) is 31.1 Å². The van der Waals surface area contributed by atoms with Crippen molar-refractivity contribution in [3.63, 3.8) is 0 Å². The number of ether oxygens (including phenoxy) is 1. The van der Waals surface area contributed by atoms with Crippen LogP contribution in [0.4, 0.5) is 5.82 Å². The molecule has 0 saturated carbocycles. The van der Waals surface area contributed by atoms with Crippen LogP contribution in [0.3, 0.4) is 0 Å². The van der Waals surface area contributed by atoms with Gasteiger partial charge in [0, 0.05) is 26.2 Å². The number of fused-ring (bicyclic) bond motifs is 1. The van der Waals surface area contributed by atoms with E-state index >= 15 is 0 Å². The predicted molar refractivity (Wildman–Crippen MR) is 89.9 cm³/mol. The van der Waals surface area contributed by atoms with Crippen LogP contribution in [-0.2, 0) is 4.74 Å². The second kappa shape index (κ2) is 5.85. The van der Waals surface area contributed by atoms with Crippen molar-refractivity contribution in [3.8, 4) is 0 Å². The number of carbonyl (C=O) groups excluding carboxylic acids is 1. The van der Waals surface area contributed by atoms with Crippen molar-refractivity contribution >= 4 is 33.4 Å². The molecule has 2 aromatic rings. The van der Waals surface area contributed by atoms with Gasteiger partial charge >= 0.3 is 5.97 Å². The molecule has 1 aliphatic rings. The average molecular weight is 319 g/mol. The van der Waals surface area contributed by atoms with Gasteiger partial charge in [0.25, 0.3) is 0 Å². The third kappa shape index (κ3) is 3.08. The predicted octanol–water partition coefficient (Wildman–Crippen LogP) is 2.66. The number of piperazine rings is 1. The Morgan fingerprint density at radius 2 is 2.05 bits per heavy atom. The molecule has 3 rings (SSSR count). The number of hydrogen-bond donors (Lipinski definition) is 1. The van der Waals surface area contributed by atoms with E-state index in [0.29, 0.717) is 5.56 Å². The average Bonchev–Trinajstić information content (AvgIpc) is 2.90. The molecule has 1 aromatic heterocycles. The molecule has 0 aliphatic carbocycles. The van der Waals surface area contributed by atoms with Crippen LogP contribution < -0.4 is 10.2 Å². The van der Waals surface area contributed by atoms with E-state index in [0.717, 1.165) is 42.1 Å². The minimum atomic E-state index is -0.502. The Morgan fingerprint density at radius 1 is 1.32 bits per heavy atom. The van der Waals surface area contributed by atoms with Gasteiger partial charge in [0.15, 0.2) is 5.82 Å². The van der Waals surface area contributed by atoms with E-state index < -0.39 is 5.60 Å². The van der Waals surface area contributed by atoms with Crippen LogP contribution in [0.15, 0.2) is 18.2 Å². The topological polar surface area (TPSA) is 54.5 Å². The fourth-order valence-electron chi connectivity index (χ4n) is 2.57. The molecular weight excluding hydrogens is 298 g/mol. The van der Waals surface area contributed by atoms with E-state index in [-0.39, 0.29) is 5.97 Å². The first-order valence-corrected chi connectivity index (χ1v) is 8.30. The summed E-state index contributed by atoms with van der Waals surface area (Å²) in [5, 5.41) is 4.26. The zero-order chi connectivity index (χ0) is 15.7. The van der Waals surface area contributed by atoms with E-state index in [1.807, 2.05) is 39.0 Å². The highest BCUT2D eigenvalue weighted by Crippen LogP contribution is 2.33. The summed E-state index contributed by atoms with van der Waals surface area (Å²) in [7, 11) is 0. The van der Waals surface area contributed by atoms with Gasteiger partial charge in [-0.1, -0.05) is 6.07 Å². The molecule has 1 aromatic carbocycles. The van der Waals surface area contributed by atoms with Crippen LogP contribution in [-0.4, -0.2) is 42.1 Å². The zero-order valence-electron chi connectivity index (χ0n) is 13.2. The normalized spacial score (nSPS) is 16.0. The lowest BCUT2D eigenvalue weighted by Gasteiger charge is -2.28. The molecule has 0 radical (unpaired) electrons. The van der Waals surface area contributed by atoms with Crippen molar-refractivity contribution in [2.45, 2.75) is 26.4 Å². The van der Waals surface area contributed by atoms with Crippen molar-refractivity contribution < 1.29 is 9.53 Å². The molecule has 118 valence electrons. The molecule has 1 fully saturated rings. The number of benzene rings is 1. The number of anilines is 1. The lowest BCUT2D eigenvalue weighted by atomic mass is 10.1. The Morgan fingerprint density at radius 3 is 2.73 bits per heavy atom. The number of rotatable bonds is 2. The van der Waals surface area contributed by atoms with E-state index in [1.165, 1.54) is 11.5 Å². The van der Waals surface area contributed by atoms with Crippen molar-refractivity contribution in [1.29, 1.82) is 0 Å². The molecule has 0 amide bonds. The molecule has 2 heterocycles. The lowest BCUT2D eigenvalue weighted by molar-refractivity contribution is 0.00719. The van der Waals surface area contributed by atoms with Crippen molar-refractivity contribution in [2.24, 2.45) is 0 Å². The third-order valence-electron chi connectivity index (χ3n) is 3.52. The van der Waals surface area contributed by atoms with Gasteiger partial charge in [0.05, 0.1) is 15.6 Å². The molecule has 1 N–H and O–H groups in total. The maximum atomic E-state index is 12.5. The summed E-state index contributed by atoms with van der Waals surface area (Å²) < 4.78 is 11.2. The molecule has 6 heteroatoms. The molecule has 1 saturated heterocycles. The highest BCUT2D eigenvalue weighted by atomic mass is 32.1. The van der Waals surface area contributed by atoms with Crippen LogP contribution in [0.25, 0.3) is 10.1 Å². The first-order chi connectivity index (χ1) is 10.5. The SMILES string of the molecule is CC(C)(C)OC(=O)c1cccc2snc(N3CCNCC3)c12. The van der Waals surface area contributed by atoms with Gasteiger partial charge in [-0.2, -0.15) is 4.37 Å². The highest BCUT2D eigenvalue weighted by molar-refractivity contribution is 7.13. The first-order valence-electron chi connectivity index (χ1n) is 7.53. The minimum Gasteiger partial charge on any atom is -0.456 e. The summed E-state index contributed by atoms with van der Waals surface area (Å²) in [6, 6.07) is 5.73. The van der Waals surface area contributed by atoms with Crippen LogP contribution in [0.2, 0.25) is 0 Å². The number of nitrogens with one attached hydrogen (secondary N) is 1. The summed E-state index contributed by atoms with van der Waals surface area (Å²) in [5.74, 6) is 0.623. The summed E-state index contributed by atoms with van der Waals surface area (Å²) in [6.07, 6.45) is 0. The summed E-state index contributed by atoms with van der Waals surface area (Å²) in [5.41, 5.74) is 0.104. The molecule has 0 unspecified atom stereocenters. The summed E-state index contributed by atoms with van der Waals surface area (Å²) in [6.45, 7) is 9.33. The van der Waals surface area contributed by atoms with E-state index in [1.54, 1.807) is 0 Å². The number of hydrogen-bond acceptors (Lipinski definition) is 6. The maximum absolute atomic E-state index is 12.5. The largest absolute Gasteiger partial charge is 0.456 e. The Hall–Kier alpha value is -1.66. The Balaban J connectivity index is 2.03. The van der Waals surface area contributed by atoms with Crippen LogP contribution in [0, 0.1) is 0 Å². The number of carbonyl (C=O) groups is 1. The van der Waals surface area contributed by atoms with Crippen molar-refractivity contribution in [1.82, 2.24) is 9.69 Å². The number of nitrogens with zero attached hydrogens (tertiary/aromatic N) is 2. The van der Waals surface area contributed by atoms with Gasteiger partial charge < -0.3 is 15.0 Å². The first kappa shape index (κ1) is 15.2. The number of aromatic nitrogens is 1. The van der Waals surface area contributed by atoms with E-state index in [4.69, 9.17) is 4.74 Å². The molecule has 0 atom stereocenters. The van der Waals surface area contributed by atoms with Gasteiger partial charge in [0.1, 0.15) is 5.60 Å². The van der Waals surface area contributed by atoms with Gasteiger partial charge in [-0.15, -0.1) is 0 Å². The zero-order valence-corrected chi connectivity index (χ0v) is 14.0. The van der Waals surface area contributed by atoms with Crippen LogP contribution in [0.1, 0.15) is 31.1 Å². The summed E-state index contributed by atoms with van der Waals surface area (Å²) >= 11 is 1.44. The highest BCUT2D eigenvalue weighted by Gasteiger charge is 2.24. The second-order valence-electron chi connectivity index (χ2n) is 6.42. The maximum Gasteiger partial charge on any atom is 0.339 e. The van der Waals surface area contributed by atoms with Gasteiger partial charge in [-0.3, -0.25) is 0 Å². The van der Waals surface area contributed by atoms with Gasteiger partial charge in [0.2, 0.25) is 0 Å². The molecular formula is C16H21N3O2S. The minimum absolute atomic E-state index is 0.283. The Labute approximate surface area is 134 Å². The second-order valence-corrected chi connectivity index (χ2v) is 7.23. The van der Waals surface area contributed by atoms with E-state index in [9.17, 15) is 4.79 Å². The Kier molecular flexibility index (Phi) is 4.06. The quantitative estimate of drug-likeness (QED) is 0.863. The van der Waals surface area contributed by atoms with Gasteiger partial charge in [-0.05, 0) is 44.4 Å². The molecule has 5 nitrogen and oxygen atoms in total. The van der Waals surface area contributed by atoms with Crippen molar-refractivity contribution in [3.05, 3.63) is 23.8 Å². The fraction of sp³-hybridized carbons (Fsp3) is 0.500. The van der Waals surface area contributed by atoms with Gasteiger partial charge in [-0.25, -0.2) is 4.79 Å². The summed E-state index contributed by atoms with van der Waals surface area (Å²) in [4.78, 5) is 14.8. The Bertz CT molecular complexity index is 684. The van der Waals surface area contributed by atoms with E-state index in [2.05, 4.69) is 14.6 Å². The molecule has 0 spiro atoms. The monoisotopic (exact) mass is 319 g/mol. The standard InChI is InChI=1S/C16H21N3O2S/c1-16(2,3)21-15(20)11-5-4-6-12-13(11)14(18-22-12)19-9-7-17-8-10-19/h4-6,17H,7-10H2,1-3H3. The molecule has 22 heavy (non-hydrogen) atoms. The number of esters is 1. The van der Waals surface area contributed by atoms with Crippen LogP contribution in [0.5, 0.6) is 0 Å². The molecule has 1 aliphatic heterocycles. The third-order valence-corrected chi connectivity index (χ3v) is 4.32. The lowest BCUT2D eigenvalue weighted by Crippen LogP contribution is -2.43. The smallest absolute Gasteiger partial charge is 0.339 e. The molecule has 0 bridgehead atoms.